The third kappa shape index (κ3) is 4.62. The monoisotopic (exact) mass is 372 g/mol. The fourth-order valence-corrected chi connectivity index (χ4v) is 4.07. The van der Waals surface area contributed by atoms with Crippen LogP contribution < -0.4 is 10.2 Å². The van der Waals surface area contributed by atoms with Gasteiger partial charge in [0.1, 0.15) is 0 Å². The first kappa shape index (κ1) is 17.1. The largest absolute Gasteiger partial charge is 0.383 e. The minimum atomic E-state index is 0.566. The maximum Gasteiger partial charge on any atom is 0.0587 e. The van der Waals surface area contributed by atoms with Gasteiger partial charge in [0.15, 0.2) is 0 Å². The Balaban J connectivity index is 2.14. The molecule has 0 aromatic heterocycles. The first-order valence-electron chi connectivity index (χ1n) is 7.50. The third-order valence-corrected chi connectivity index (χ3v) is 5.87. The van der Waals surface area contributed by atoms with E-state index in [2.05, 4.69) is 70.0 Å². The number of rotatable bonds is 6. The molecule has 0 aliphatic carbocycles. The van der Waals surface area contributed by atoms with Crippen molar-refractivity contribution in [3.05, 3.63) is 28.2 Å². The Hall–Kier alpha value is -0.230. The lowest BCUT2D eigenvalue weighted by Crippen LogP contribution is -2.45. The van der Waals surface area contributed by atoms with Gasteiger partial charge >= 0.3 is 0 Å². The van der Waals surface area contributed by atoms with E-state index in [9.17, 15) is 0 Å². The van der Waals surface area contributed by atoms with Crippen LogP contribution in [0.5, 0.6) is 0 Å². The molecular formula is C16H25BrN2OS. The topological polar surface area (TPSA) is 24.5 Å². The number of methoxy groups -OCH3 is 1. The normalized spacial score (nSPS) is 22.6. The van der Waals surface area contributed by atoms with Crippen LogP contribution in [-0.4, -0.2) is 43.9 Å². The zero-order valence-corrected chi connectivity index (χ0v) is 15.5. The van der Waals surface area contributed by atoms with Crippen molar-refractivity contribution in [2.75, 3.05) is 37.5 Å². The van der Waals surface area contributed by atoms with Crippen molar-refractivity contribution in [3.8, 4) is 0 Å². The van der Waals surface area contributed by atoms with Crippen LogP contribution in [0.15, 0.2) is 22.7 Å². The highest BCUT2D eigenvalue weighted by Gasteiger charge is 2.26. The lowest BCUT2D eigenvalue weighted by Gasteiger charge is -2.40. The van der Waals surface area contributed by atoms with E-state index in [1.807, 2.05) is 0 Å². The number of nitrogens with zero attached hydrogens (tertiary/aromatic N) is 1. The molecule has 0 bridgehead atoms. The summed E-state index contributed by atoms with van der Waals surface area (Å²) in [6.07, 6.45) is 0. The number of halogens is 1. The Morgan fingerprint density at radius 1 is 1.43 bits per heavy atom. The molecule has 1 heterocycles. The fraction of sp³-hybridized carbons (Fsp3) is 0.625. The molecule has 1 aliphatic rings. The van der Waals surface area contributed by atoms with E-state index in [4.69, 9.17) is 4.74 Å². The van der Waals surface area contributed by atoms with Crippen LogP contribution in [0, 0.1) is 0 Å². The quantitative estimate of drug-likeness (QED) is 0.772. The Bertz CT molecular complexity index is 458. The molecule has 5 heteroatoms. The number of hydrogen-bond donors (Lipinski definition) is 1. The van der Waals surface area contributed by atoms with Crippen LogP contribution in [0.2, 0.25) is 0 Å². The molecule has 118 valence electrons. The molecule has 2 rings (SSSR count). The minimum Gasteiger partial charge on any atom is -0.383 e. The average molecular weight is 373 g/mol. The van der Waals surface area contributed by atoms with Crippen molar-refractivity contribution in [1.82, 2.24) is 5.32 Å². The molecule has 21 heavy (non-hydrogen) atoms. The molecule has 0 radical (unpaired) electrons. The van der Waals surface area contributed by atoms with Gasteiger partial charge in [0.2, 0.25) is 0 Å². The van der Waals surface area contributed by atoms with E-state index in [1.165, 1.54) is 17.0 Å². The molecule has 1 fully saturated rings. The summed E-state index contributed by atoms with van der Waals surface area (Å²) in [6.45, 7) is 8.30. The smallest absolute Gasteiger partial charge is 0.0587 e. The second-order valence-corrected chi connectivity index (χ2v) is 7.85. The third-order valence-electron chi connectivity index (χ3n) is 4.04. The number of ether oxygens (including phenoxy) is 1. The van der Waals surface area contributed by atoms with E-state index in [1.54, 1.807) is 7.11 Å². The van der Waals surface area contributed by atoms with Crippen LogP contribution in [0.3, 0.4) is 0 Å². The van der Waals surface area contributed by atoms with Crippen LogP contribution in [0.1, 0.15) is 19.4 Å². The van der Waals surface area contributed by atoms with E-state index >= 15 is 0 Å². The summed E-state index contributed by atoms with van der Waals surface area (Å²) in [4.78, 5) is 2.55. The second-order valence-electron chi connectivity index (χ2n) is 5.45. The van der Waals surface area contributed by atoms with Crippen molar-refractivity contribution >= 4 is 33.4 Å². The lowest BCUT2D eigenvalue weighted by molar-refractivity contribution is 0.199. The predicted octanol–water partition coefficient (Wildman–Crippen LogP) is 3.52. The van der Waals surface area contributed by atoms with Crippen molar-refractivity contribution in [1.29, 1.82) is 0 Å². The predicted molar refractivity (Wildman–Crippen MR) is 96.5 cm³/mol. The zero-order valence-electron chi connectivity index (χ0n) is 13.1. The minimum absolute atomic E-state index is 0.566. The number of benzene rings is 1. The van der Waals surface area contributed by atoms with Crippen LogP contribution >= 0.6 is 27.7 Å². The summed E-state index contributed by atoms with van der Waals surface area (Å²) in [6, 6.07) is 7.17. The Labute approximate surface area is 140 Å². The van der Waals surface area contributed by atoms with E-state index in [0.29, 0.717) is 11.3 Å². The first-order chi connectivity index (χ1) is 10.1. The van der Waals surface area contributed by atoms with E-state index < -0.39 is 0 Å². The highest BCUT2D eigenvalue weighted by Crippen LogP contribution is 2.33. The maximum atomic E-state index is 5.09. The molecule has 3 nitrogen and oxygen atoms in total. The summed E-state index contributed by atoms with van der Waals surface area (Å²) in [5.41, 5.74) is 2.72. The Morgan fingerprint density at radius 2 is 2.24 bits per heavy atom. The highest BCUT2D eigenvalue weighted by molar-refractivity contribution is 9.10. The SMILES string of the molecule is COCCNCc1ccc(Br)cc1N1CCSC(C)C1C. The van der Waals surface area contributed by atoms with Crippen molar-refractivity contribution in [2.45, 2.75) is 31.7 Å². The van der Waals surface area contributed by atoms with Gasteiger partial charge in [0, 0.05) is 53.9 Å². The lowest BCUT2D eigenvalue weighted by atomic mass is 10.1. The molecule has 1 N–H and O–H groups in total. The zero-order chi connectivity index (χ0) is 15.2. The standard InChI is InChI=1S/C16H25BrN2OS/c1-12-13(2)21-9-7-19(12)16-10-15(17)5-4-14(16)11-18-6-8-20-3/h4-5,10,12-13,18H,6-9,11H2,1-3H3. The number of anilines is 1. The molecule has 0 saturated carbocycles. The van der Waals surface area contributed by atoms with Gasteiger partial charge in [-0.1, -0.05) is 28.9 Å². The molecule has 1 aromatic carbocycles. The fourth-order valence-electron chi connectivity index (χ4n) is 2.62. The van der Waals surface area contributed by atoms with Gasteiger partial charge in [-0.3, -0.25) is 0 Å². The van der Waals surface area contributed by atoms with E-state index in [-0.39, 0.29) is 0 Å². The van der Waals surface area contributed by atoms with Crippen molar-refractivity contribution < 1.29 is 4.74 Å². The van der Waals surface area contributed by atoms with Crippen LogP contribution in [-0.2, 0) is 11.3 Å². The highest BCUT2D eigenvalue weighted by atomic mass is 79.9. The molecule has 0 amide bonds. The number of hydrogen-bond acceptors (Lipinski definition) is 4. The second kappa shape index (κ2) is 8.42. The van der Waals surface area contributed by atoms with Crippen LogP contribution in [0.25, 0.3) is 0 Å². The number of thioether (sulfide) groups is 1. The van der Waals surface area contributed by atoms with Gasteiger partial charge < -0.3 is 15.0 Å². The van der Waals surface area contributed by atoms with Crippen molar-refractivity contribution in [2.24, 2.45) is 0 Å². The van der Waals surface area contributed by atoms with Crippen molar-refractivity contribution in [3.63, 3.8) is 0 Å². The molecule has 1 aromatic rings. The molecule has 1 saturated heterocycles. The summed E-state index contributed by atoms with van der Waals surface area (Å²) in [7, 11) is 1.74. The molecule has 2 unspecified atom stereocenters. The van der Waals surface area contributed by atoms with E-state index in [0.717, 1.165) is 30.7 Å². The Kier molecular flexibility index (Phi) is 6.86. The summed E-state index contributed by atoms with van der Waals surface area (Å²) in [5, 5.41) is 4.13. The van der Waals surface area contributed by atoms with Gasteiger partial charge in [-0.05, 0) is 24.6 Å². The summed E-state index contributed by atoms with van der Waals surface area (Å²) in [5.74, 6) is 1.20. The first-order valence-corrected chi connectivity index (χ1v) is 9.34. The number of nitrogens with one attached hydrogen (secondary N) is 1. The van der Waals surface area contributed by atoms with Gasteiger partial charge in [-0.15, -0.1) is 0 Å². The summed E-state index contributed by atoms with van der Waals surface area (Å²) >= 11 is 5.69. The van der Waals surface area contributed by atoms with Gasteiger partial charge in [0.25, 0.3) is 0 Å². The Morgan fingerprint density at radius 3 is 3.00 bits per heavy atom. The molecule has 2 atom stereocenters. The molecule has 1 aliphatic heterocycles. The molecule has 0 spiro atoms. The maximum absolute atomic E-state index is 5.09. The average Bonchev–Trinajstić information content (AvgIpc) is 2.48. The van der Waals surface area contributed by atoms with Gasteiger partial charge in [-0.2, -0.15) is 11.8 Å². The summed E-state index contributed by atoms with van der Waals surface area (Å²) < 4.78 is 6.24. The van der Waals surface area contributed by atoms with Gasteiger partial charge in [0.05, 0.1) is 6.61 Å². The molecular weight excluding hydrogens is 348 g/mol. The van der Waals surface area contributed by atoms with Gasteiger partial charge in [-0.25, -0.2) is 0 Å². The van der Waals surface area contributed by atoms with Crippen LogP contribution in [0.4, 0.5) is 5.69 Å².